The summed E-state index contributed by atoms with van der Waals surface area (Å²) < 4.78 is 5.73. The first-order chi connectivity index (χ1) is 8.29. The van der Waals surface area contributed by atoms with Gasteiger partial charge in [0.15, 0.2) is 0 Å². The third-order valence-electron chi connectivity index (χ3n) is 6.64. The Kier molecular flexibility index (Phi) is 2.44. The van der Waals surface area contributed by atoms with E-state index in [4.69, 9.17) is 4.74 Å². The number of carbonyl (C=O) groups is 1. The molecule has 0 aromatic rings. The lowest BCUT2D eigenvalue weighted by atomic mass is 9.47. The Hall–Kier alpha value is -0.530. The Morgan fingerprint density at radius 1 is 1.06 bits per heavy atom. The third-order valence-corrected chi connectivity index (χ3v) is 6.64. The number of carbonyl (C=O) groups excluding carboxylic acids is 1. The molecule has 0 radical (unpaired) electrons. The fraction of sp³-hybridized carbons (Fsp3) is 0.938. The van der Waals surface area contributed by atoms with Gasteiger partial charge < -0.3 is 4.74 Å². The van der Waals surface area contributed by atoms with Crippen molar-refractivity contribution in [3.8, 4) is 0 Å². The molecule has 3 aliphatic rings. The van der Waals surface area contributed by atoms with Crippen LogP contribution in [0.5, 0.6) is 0 Å². The molecule has 0 amide bonds. The predicted octanol–water partition coefficient (Wildman–Crippen LogP) is 3.93. The first-order valence-corrected chi connectivity index (χ1v) is 7.50. The molecule has 2 aliphatic carbocycles. The molecule has 102 valence electrons. The molecule has 0 N–H and O–H groups in total. The number of fused-ring (bicyclic) bond motifs is 3. The van der Waals surface area contributed by atoms with E-state index in [1.807, 2.05) is 0 Å². The summed E-state index contributed by atoms with van der Waals surface area (Å²) in [5.74, 6) is 1.48. The largest absolute Gasteiger partial charge is 0.459 e. The van der Waals surface area contributed by atoms with Crippen LogP contribution in [0.2, 0.25) is 0 Å². The maximum absolute atomic E-state index is 11.8. The summed E-state index contributed by atoms with van der Waals surface area (Å²) >= 11 is 0. The fourth-order valence-corrected chi connectivity index (χ4v) is 5.24. The van der Waals surface area contributed by atoms with Crippen LogP contribution in [-0.2, 0) is 9.53 Å². The van der Waals surface area contributed by atoms with E-state index in [1.54, 1.807) is 0 Å². The van der Waals surface area contributed by atoms with Crippen LogP contribution in [0.1, 0.15) is 66.2 Å². The number of rotatable bonds is 0. The minimum atomic E-state index is -0.196. The van der Waals surface area contributed by atoms with E-state index in [-0.39, 0.29) is 17.0 Å². The second kappa shape index (κ2) is 3.52. The van der Waals surface area contributed by atoms with Gasteiger partial charge in [0.1, 0.15) is 5.60 Å². The molecule has 2 heteroatoms. The molecule has 0 aromatic carbocycles. The summed E-state index contributed by atoms with van der Waals surface area (Å²) in [6.07, 6.45) is 6.87. The van der Waals surface area contributed by atoms with Crippen molar-refractivity contribution in [2.24, 2.45) is 22.7 Å². The fourth-order valence-electron chi connectivity index (χ4n) is 5.24. The zero-order valence-corrected chi connectivity index (χ0v) is 12.2. The Morgan fingerprint density at radius 2 is 1.78 bits per heavy atom. The highest BCUT2D eigenvalue weighted by molar-refractivity contribution is 5.74. The van der Waals surface area contributed by atoms with Crippen molar-refractivity contribution in [2.45, 2.75) is 71.8 Å². The van der Waals surface area contributed by atoms with Gasteiger partial charge in [-0.15, -0.1) is 0 Å². The zero-order valence-electron chi connectivity index (χ0n) is 12.2. The van der Waals surface area contributed by atoms with Crippen molar-refractivity contribution in [3.05, 3.63) is 0 Å². The third kappa shape index (κ3) is 1.44. The van der Waals surface area contributed by atoms with E-state index in [1.165, 1.54) is 25.7 Å². The first-order valence-electron chi connectivity index (χ1n) is 7.50. The highest BCUT2D eigenvalue weighted by Crippen LogP contribution is 2.64. The van der Waals surface area contributed by atoms with Gasteiger partial charge in [0.25, 0.3) is 0 Å². The summed E-state index contributed by atoms with van der Waals surface area (Å²) in [5, 5.41) is 0. The smallest absolute Gasteiger partial charge is 0.307 e. The molecule has 0 aromatic heterocycles. The van der Waals surface area contributed by atoms with Crippen LogP contribution < -0.4 is 0 Å². The van der Waals surface area contributed by atoms with Crippen molar-refractivity contribution in [3.63, 3.8) is 0 Å². The zero-order chi connectivity index (χ0) is 13.2. The summed E-state index contributed by atoms with van der Waals surface area (Å²) in [6.45, 7) is 9.34. The lowest BCUT2D eigenvalue weighted by Crippen LogP contribution is -2.55. The molecule has 1 aliphatic heterocycles. The van der Waals surface area contributed by atoms with Gasteiger partial charge in [-0.25, -0.2) is 0 Å². The van der Waals surface area contributed by atoms with E-state index in [0.717, 1.165) is 12.3 Å². The van der Waals surface area contributed by atoms with Gasteiger partial charge in [0.2, 0.25) is 0 Å². The van der Waals surface area contributed by atoms with E-state index in [2.05, 4.69) is 27.7 Å². The Bertz CT molecular complexity index is 387. The van der Waals surface area contributed by atoms with Crippen molar-refractivity contribution < 1.29 is 9.53 Å². The number of hydrogen-bond acceptors (Lipinski definition) is 2. The number of hydrogen-bond donors (Lipinski definition) is 0. The molecule has 3 fully saturated rings. The van der Waals surface area contributed by atoms with Crippen molar-refractivity contribution in [1.29, 1.82) is 0 Å². The molecule has 4 atom stereocenters. The molecule has 1 saturated heterocycles. The SMILES string of the molecule is CC1(C)CCC[C@H]2[C@H]1CC[C@@]1(C)OC(=O)C[C@]21C. The summed E-state index contributed by atoms with van der Waals surface area (Å²) in [5.41, 5.74) is 0.322. The second-order valence-electron chi connectivity index (χ2n) is 7.93. The predicted molar refractivity (Wildman–Crippen MR) is 71.1 cm³/mol. The van der Waals surface area contributed by atoms with Gasteiger partial charge >= 0.3 is 5.97 Å². The molecule has 0 spiro atoms. The van der Waals surface area contributed by atoms with Crippen LogP contribution in [0.15, 0.2) is 0 Å². The highest BCUT2D eigenvalue weighted by Gasteiger charge is 2.64. The van der Waals surface area contributed by atoms with Crippen molar-refractivity contribution in [1.82, 2.24) is 0 Å². The maximum atomic E-state index is 11.8. The normalized spacial score (nSPS) is 50.3. The monoisotopic (exact) mass is 250 g/mol. The van der Waals surface area contributed by atoms with Gasteiger partial charge in [-0.1, -0.05) is 27.2 Å². The first kappa shape index (κ1) is 12.5. The lowest BCUT2D eigenvalue weighted by molar-refractivity contribution is -0.166. The summed E-state index contributed by atoms with van der Waals surface area (Å²) in [4.78, 5) is 11.8. The van der Waals surface area contributed by atoms with Crippen molar-refractivity contribution in [2.75, 3.05) is 0 Å². The van der Waals surface area contributed by atoms with Crippen LogP contribution in [0, 0.1) is 22.7 Å². The maximum Gasteiger partial charge on any atom is 0.307 e. The molecule has 0 bridgehead atoms. The summed E-state index contributed by atoms with van der Waals surface area (Å²) in [6, 6.07) is 0. The van der Waals surface area contributed by atoms with Crippen LogP contribution in [0.25, 0.3) is 0 Å². The molecule has 2 saturated carbocycles. The van der Waals surface area contributed by atoms with Crippen LogP contribution in [0.3, 0.4) is 0 Å². The number of esters is 1. The molecule has 18 heavy (non-hydrogen) atoms. The lowest BCUT2D eigenvalue weighted by Gasteiger charge is -2.58. The Morgan fingerprint density at radius 3 is 2.50 bits per heavy atom. The van der Waals surface area contributed by atoms with Crippen LogP contribution in [0.4, 0.5) is 0 Å². The van der Waals surface area contributed by atoms with E-state index in [0.29, 0.717) is 17.8 Å². The quantitative estimate of drug-likeness (QED) is 0.609. The van der Waals surface area contributed by atoms with Gasteiger partial charge in [0.05, 0.1) is 6.42 Å². The molecule has 1 heterocycles. The van der Waals surface area contributed by atoms with Gasteiger partial charge in [0, 0.05) is 5.41 Å². The summed E-state index contributed by atoms with van der Waals surface area (Å²) in [7, 11) is 0. The van der Waals surface area contributed by atoms with Gasteiger partial charge in [-0.3, -0.25) is 4.79 Å². The van der Waals surface area contributed by atoms with Gasteiger partial charge in [-0.2, -0.15) is 0 Å². The number of ether oxygens (including phenoxy) is 1. The van der Waals surface area contributed by atoms with E-state index < -0.39 is 0 Å². The molecular formula is C16H26O2. The minimum absolute atomic E-state index is 0.0315. The van der Waals surface area contributed by atoms with Crippen LogP contribution >= 0.6 is 0 Å². The molecule has 0 unspecified atom stereocenters. The Labute approximate surface area is 110 Å². The van der Waals surface area contributed by atoms with E-state index in [9.17, 15) is 4.79 Å². The average Bonchev–Trinajstić information content (AvgIpc) is 2.48. The minimum Gasteiger partial charge on any atom is -0.459 e. The van der Waals surface area contributed by atoms with Crippen molar-refractivity contribution >= 4 is 5.97 Å². The molecule has 2 nitrogen and oxygen atoms in total. The Balaban J connectivity index is 2.00. The highest BCUT2D eigenvalue weighted by atomic mass is 16.6. The van der Waals surface area contributed by atoms with Crippen LogP contribution in [-0.4, -0.2) is 11.6 Å². The average molecular weight is 250 g/mol. The molecule has 3 rings (SSSR count). The van der Waals surface area contributed by atoms with Gasteiger partial charge in [-0.05, 0) is 49.9 Å². The second-order valence-corrected chi connectivity index (χ2v) is 7.93. The standard InChI is InChI=1S/C16H26O2/c1-14(2)8-5-6-12-11(14)7-9-16(4)15(12,3)10-13(17)18-16/h11-12H,5-10H2,1-4H3/t11-,12+,15-,16-/m1/s1. The molecular weight excluding hydrogens is 224 g/mol. The van der Waals surface area contributed by atoms with E-state index >= 15 is 0 Å². The topological polar surface area (TPSA) is 26.3 Å².